The molecule has 2 saturated carbocycles. The number of halogens is 1. The lowest BCUT2D eigenvalue weighted by molar-refractivity contribution is 0.136. The first-order valence-corrected chi connectivity index (χ1v) is 5.56. The fourth-order valence-corrected chi connectivity index (χ4v) is 3.16. The van der Waals surface area contributed by atoms with Gasteiger partial charge in [0, 0.05) is 11.8 Å². The first-order chi connectivity index (χ1) is 7.27. The molecule has 0 radical (unpaired) electrons. The van der Waals surface area contributed by atoms with E-state index in [0.29, 0.717) is 23.3 Å². The fraction of sp³-hybridized carbons (Fsp3) is 0.583. The average Bonchev–Trinajstić information content (AvgIpc) is 2.70. The van der Waals surface area contributed by atoms with Crippen molar-refractivity contribution >= 4 is 0 Å². The lowest BCUT2D eigenvalue weighted by atomic mass is 10.0. The van der Waals surface area contributed by atoms with Crippen LogP contribution >= 0.6 is 0 Å². The number of nitrogens with zero attached hydrogens (tertiary/aromatic N) is 1. The number of aliphatic hydroxyl groups is 1. The molecule has 2 nitrogen and oxygen atoms in total. The summed E-state index contributed by atoms with van der Waals surface area (Å²) < 4.78 is 12.9. The maximum absolute atomic E-state index is 12.9. The minimum Gasteiger partial charge on any atom is -0.388 e. The summed E-state index contributed by atoms with van der Waals surface area (Å²) in [6.45, 7) is 0. The molecule has 15 heavy (non-hydrogen) atoms. The van der Waals surface area contributed by atoms with E-state index in [1.807, 2.05) is 0 Å². The Morgan fingerprint density at radius 2 is 2.07 bits per heavy atom. The van der Waals surface area contributed by atoms with Crippen LogP contribution in [0.5, 0.6) is 0 Å². The topological polar surface area (TPSA) is 33.1 Å². The Labute approximate surface area is 88.2 Å². The maximum atomic E-state index is 12.9. The molecule has 0 amide bonds. The van der Waals surface area contributed by atoms with E-state index in [4.69, 9.17) is 0 Å². The molecule has 80 valence electrons. The largest absolute Gasteiger partial charge is 0.388 e. The molecule has 0 spiro atoms. The standard InChI is InChI=1S/C12H14FNO/c13-8-4-7(5-14-6-8)12(15)11-9-2-1-3-10(9)11/h4-6,9-12,15H,1-3H2. The van der Waals surface area contributed by atoms with E-state index < -0.39 is 6.10 Å². The molecule has 3 rings (SSSR count). The molecule has 3 unspecified atom stereocenters. The van der Waals surface area contributed by atoms with Crippen LogP contribution in [0.4, 0.5) is 4.39 Å². The molecule has 0 saturated heterocycles. The highest BCUT2D eigenvalue weighted by molar-refractivity contribution is 5.19. The van der Waals surface area contributed by atoms with Gasteiger partial charge < -0.3 is 5.11 Å². The molecule has 1 N–H and O–H groups in total. The monoisotopic (exact) mass is 207 g/mol. The normalized spacial score (nSPS) is 34.9. The predicted octanol–water partition coefficient (Wildman–Crippen LogP) is 2.30. The highest BCUT2D eigenvalue weighted by atomic mass is 19.1. The van der Waals surface area contributed by atoms with E-state index >= 15 is 0 Å². The number of hydrogen-bond donors (Lipinski definition) is 1. The van der Waals surface area contributed by atoms with Crippen LogP contribution in [-0.4, -0.2) is 10.1 Å². The molecular formula is C12H14FNO. The fourth-order valence-electron chi connectivity index (χ4n) is 3.16. The van der Waals surface area contributed by atoms with Gasteiger partial charge in [0.05, 0.1) is 12.3 Å². The van der Waals surface area contributed by atoms with Gasteiger partial charge in [0.1, 0.15) is 5.82 Å². The molecule has 1 aromatic heterocycles. The quantitative estimate of drug-likeness (QED) is 0.807. The zero-order chi connectivity index (χ0) is 10.4. The van der Waals surface area contributed by atoms with Crippen LogP contribution in [0.1, 0.15) is 30.9 Å². The third-order valence-electron chi connectivity index (χ3n) is 3.90. The van der Waals surface area contributed by atoms with Crippen LogP contribution in [0, 0.1) is 23.6 Å². The van der Waals surface area contributed by atoms with E-state index in [9.17, 15) is 9.50 Å². The molecule has 0 aliphatic heterocycles. The smallest absolute Gasteiger partial charge is 0.141 e. The van der Waals surface area contributed by atoms with E-state index in [1.165, 1.54) is 31.5 Å². The van der Waals surface area contributed by atoms with E-state index in [2.05, 4.69) is 4.98 Å². The SMILES string of the molecule is OC(c1cncc(F)c1)C1C2CCCC21. The molecule has 0 aromatic carbocycles. The van der Waals surface area contributed by atoms with Gasteiger partial charge in [-0.2, -0.15) is 0 Å². The molecular weight excluding hydrogens is 193 g/mol. The van der Waals surface area contributed by atoms with Gasteiger partial charge in [0.2, 0.25) is 0 Å². The minimum atomic E-state index is -0.511. The van der Waals surface area contributed by atoms with Crippen molar-refractivity contribution in [2.45, 2.75) is 25.4 Å². The van der Waals surface area contributed by atoms with Crippen molar-refractivity contribution in [2.75, 3.05) is 0 Å². The first-order valence-electron chi connectivity index (χ1n) is 5.56. The first kappa shape index (κ1) is 9.28. The molecule has 1 aromatic rings. The van der Waals surface area contributed by atoms with Gasteiger partial charge in [0.15, 0.2) is 0 Å². The summed E-state index contributed by atoms with van der Waals surface area (Å²) in [5.41, 5.74) is 0.634. The van der Waals surface area contributed by atoms with E-state index in [-0.39, 0.29) is 5.82 Å². The molecule has 2 fully saturated rings. The van der Waals surface area contributed by atoms with Gasteiger partial charge in [-0.15, -0.1) is 0 Å². The number of fused-ring (bicyclic) bond motifs is 1. The van der Waals surface area contributed by atoms with Crippen LogP contribution in [0.3, 0.4) is 0 Å². The predicted molar refractivity (Wildman–Crippen MR) is 53.5 cm³/mol. The Bertz CT molecular complexity index is 372. The molecule has 2 aliphatic rings. The third-order valence-corrected chi connectivity index (χ3v) is 3.90. The van der Waals surface area contributed by atoms with Crippen LogP contribution in [0.2, 0.25) is 0 Å². The molecule has 2 aliphatic carbocycles. The van der Waals surface area contributed by atoms with Crippen molar-refractivity contribution in [3.63, 3.8) is 0 Å². The number of aromatic nitrogens is 1. The summed E-state index contributed by atoms with van der Waals surface area (Å²) in [5, 5.41) is 10.1. The lowest BCUT2D eigenvalue weighted by Crippen LogP contribution is -2.05. The second-order valence-electron chi connectivity index (χ2n) is 4.72. The highest BCUT2D eigenvalue weighted by Gasteiger charge is 2.55. The van der Waals surface area contributed by atoms with Gasteiger partial charge in [-0.25, -0.2) is 4.39 Å². The van der Waals surface area contributed by atoms with Crippen LogP contribution in [0.15, 0.2) is 18.5 Å². The second-order valence-corrected chi connectivity index (χ2v) is 4.72. The summed E-state index contributed by atoms with van der Waals surface area (Å²) in [5.74, 6) is 1.37. The van der Waals surface area contributed by atoms with Crippen molar-refractivity contribution < 1.29 is 9.50 Å². The summed E-state index contributed by atoms with van der Waals surface area (Å²) in [7, 11) is 0. The average molecular weight is 207 g/mol. The number of hydrogen-bond acceptors (Lipinski definition) is 2. The number of rotatable bonds is 2. The summed E-state index contributed by atoms with van der Waals surface area (Å²) in [6, 6.07) is 1.39. The Morgan fingerprint density at radius 3 is 2.73 bits per heavy atom. The van der Waals surface area contributed by atoms with Crippen LogP contribution < -0.4 is 0 Å². The summed E-state index contributed by atoms with van der Waals surface area (Å²) in [6.07, 6.45) is 5.99. The van der Waals surface area contributed by atoms with Crippen molar-refractivity contribution in [1.82, 2.24) is 4.98 Å². The van der Waals surface area contributed by atoms with Gasteiger partial charge in [-0.1, -0.05) is 6.42 Å². The van der Waals surface area contributed by atoms with E-state index in [0.717, 1.165) is 0 Å². The van der Waals surface area contributed by atoms with Crippen LogP contribution in [0.25, 0.3) is 0 Å². The number of aliphatic hydroxyl groups excluding tert-OH is 1. The van der Waals surface area contributed by atoms with Gasteiger partial charge >= 0.3 is 0 Å². The van der Waals surface area contributed by atoms with Gasteiger partial charge in [0.25, 0.3) is 0 Å². The van der Waals surface area contributed by atoms with Crippen LogP contribution in [-0.2, 0) is 0 Å². The molecule has 1 heterocycles. The van der Waals surface area contributed by atoms with Crippen molar-refractivity contribution in [2.24, 2.45) is 17.8 Å². The Kier molecular flexibility index (Phi) is 2.02. The molecule has 0 bridgehead atoms. The second kappa shape index (κ2) is 3.27. The Morgan fingerprint density at radius 1 is 1.33 bits per heavy atom. The van der Waals surface area contributed by atoms with Crippen molar-refractivity contribution in [3.8, 4) is 0 Å². The Balaban J connectivity index is 1.78. The minimum absolute atomic E-state index is 0.363. The zero-order valence-electron chi connectivity index (χ0n) is 8.44. The third kappa shape index (κ3) is 1.46. The van der Waals surface area contributed by atoms with Crippen molar-refractivity contribution in [1.29, 1.82) is 0 Å². The highest BCUT2D eigenvalue weighted by Crippen LogP contribution is 2.62. The lowest BCUT2D eigenvalue weighted by Gasteiger charge is -2.12. The zero-order valence-corrected chi connectivity index (χ0v) is 8.44. The van der Waals surface area contributed by atoms with Gasteiger partial charge in [-0.3, -0.25) is 4.98 Å². The maximum Gasteiger partial charge on any atom is 0.141 e. The number of pyridine rings is 1. The van der Waals surface area contributed by atoms with Crippen molar-refractivity contribution in [3.05, 3.63) is 29.8 Å². The molecule has 3 heteroatoms. The van der Waals surface area contributed by atoms with Gasteiger partial charge in [-0.05, 0) is 36.7 Å². The molecule has 3 atom stereocenters. The summed E-state index contributed by atoms with van der Waals surface area (Å²) >= 11 is 0. The van der Waals surface area contributed by atoms with E-state index in [1.54, 1.807) is 6.20 Å². The Hall–Kier alpha value is -0.960. The summed E-state index contributed by atoms with van der Waals surface area (Å²) in [4.78, 5) is 3.77.